The third-order valence-electron chi connectivity index (χ3n) is 3.13. The molecule has 112 valence electrons. The SMILES string of the molecule is CCC(CCN)CCC(=O)NC(C)C(=O)NC(C)C. The molecule has 5 nitrogen and oxygen atoms in total. The minimum atomic E-state index is -0.482. The highest BCUT2D eigenvalue weighted by Gasteiger charge is 2.16. The Balaban J connectivity index is 3.99. The quantitative estimate of drug-likeness (QED) is 0.588. The standard InChI is InChI=1S/C14H29N3O2/c1-5-12(8-9-15)6-7-13(18)17-11(4)14(19)16-10(2)3/h10-12H,5-9,15H2,1-4H3,(H,16,19)(H,17,18). The fourth-order valence-corrected chi connectivity index (χ4v) is 1.91. The summed E-state index contributed by atoms with van der Waals surface area (Å²) in [6.07, 6.45) is 3.27. The Hall–Kier alpha value is -1.10. The molecule has 2 atom stereocenters. The summed E-state index contributed by atoms with van der Waals surface area (Å²) in [5.74, 6) is 0.287. The number of rotatable bonds is 9. The van der Waals surface area contributed by atoms with Crippen LogP contribution in [0, 0.1) is 5.92 Å². The van der Waals surface area contributed by atoms with Gasteiger partial charge in [0.2, 0.25) is 11.8 Å². The molecule has 0 saturated carbocycles. The van der Waals surface area contributed by atoms with Gasteiger partial charge in [0.1, 0.15) is 6.04 Å². The van der Waals surface area contributed by atoms with Crippen molar-refractivity contribution in [3.63, 3.8) is 0 Å². The summed E-state index contributed by atoms with van der Waals surface area (Å²) in [6.45, 7) is 8.26. The summed E-state index contributed by atoms with van der Waals surface area (Å²) in [7, 11) is 0. The minimum Gasteiger partial charge on any atom is -0.352 e. The first kappa shape index (κ1) is 17.9. The molecule has 0 aliphatic rings. The number of carbonyl (C=O) groups excluding carboxylic acids is 2. The second kappa shape index (κ2) is 9.78. The number of hydrogen-bond acceptors (Lipinski definition) is 3. The first-order valence-electron chi connectivity index (χ1n) is 7.20. The first-order valence-corrected chi connectivity index (χ1v) is 7.20. The summed E-state index contributed by atoms with van der Waals surface area (Å²) >= 11 is 0. The maximum absolute atomic E-state index is 11.7. The molecule has 0 radical (unpaired) electrons. The number of carbonyl (C=O) groups is 2. The van der Waals surface area contributed by atoms with Crippen molar-refractivity contribution < 1.29 is 9.59 Å². The molecule has 0 aromatic carbocycles. The third-order valence-corrected chi connectivity index (χ3v) is 3.13. The predicted molar refractivity (Wildman–Crippen MR) is 77.6 cm³/mol. The molecule has 4 N–H and O–H groups in total. The molecule has 0 rings (SSSR count). The van der Waals surface area contributed by atoms with E-state index in [1.807, 2.05) is 13.8 Å². The van der Waals surface area contributed by atoms with Gasteiger partial charge in [0.15, 0.2) is 0 Å². The molecule has 2 unspecified atom stereocenters. The number of hydrogen-bond donors (Lipinski definition) is 3. The topological polar surface area (TPSA) is 84.2 Å². The van der Waals surface area contributed by atoms with Crippen LogP contribution in [0.5, 0.6) is 0 Å². The van der Waals surface area contributed by atoms with Gasteiger partial charge in [0, 0.05) is 12.5 Å². The Bertz CT molecular complexity index is 280. The molecule has 0 spiro atoms. The molecule has 0 aliphatic carbocycles. The molecule has 0 aromatic rings. The van der Waals surface area contributed by atoms with Crippen LogP contribution in [0.25, 0.3) is 0 Å². The van der Waals surface area contributed by atoms with Gasteiger partial charge < -0.3 is 16.4 Å². The zero-order valence-corrected chi connectivity index (χ0v) is 12.7. The van der Waals surface area contributed by atoms with Crippen molar-refractivity contribution in [1.29, 1.82) is 0 Å². The maximum atomic E-state index is 11.7. The van der Waals surface area contributed by atoms with Gasteiger partial charge in [0.25, 0.3) is 0 Å². The van der Waals surface area contributed by atoms with Crippen LogP contribution in [-0.2, 0) is 9.59 Å². The Morgan fingerprint density at radius 2 is 1.74 bits per heavy atom. The number of nitrogens with two attached hydrogens (primary N) is 1. The van der Waals surface area contributed by atoms with Gasteiger partial charge in [-0.3, -0.25) is 9.59 Å². The maximum Gasteiger partial charge on any atom is 0.242 e. The second-order valence-corrected chi connectivity index (χ2v) is 5.34. The van der Waals surface area contributed by atoms with Gasteiger partial charge in [0.05, 0.1) is 0 Å². The van der Waals surface area contributed by atoms with Crippen LogP contribution < -0.4 is 16.4 Å². The van der Waals surface area contributed by atoms with E-state index in [0.717, 1.165) is 19.3 Å². The summed E-state index contributed by atoms with van der Waals surface area (Å²) in [5, 5.41) is 5.50. The van der Waals surface area contributed by atoms with Crippen LogP contribution in [0.15, 0.2) is 0 Å². The molecular formula is C14H29N3O2. The average Bonchev–Trinajstić information content (AvgIpc) is 2.33. The van der Waals surface area contributed by atoms with Crippen molar-refractivity contribution in [3.05, 3.63) is 0 Å². The molecule has 0 fully saturated rings. The van der Waals surface area contributed by atoms with E-state index in [4.69, 9.17) is 5.73 Å². The minimum absolute atomic E-state index is 0.0677. The molecular weight excluding hydrogens is 242 g/mol. The molecule has 0 bridgehead atoms. The molecule has 0 aliphatic heterocycles. The van der Waals surface area contributed by atoms with Crippen LogP contribution in [0.4, 0.5) is 0 Å². The van der Waals surface area contributed by atoms with E-state index in [9.17, 15) is 9.59 Å². The summed E-state index contributed by atoms with van der Waals surface area (Å²) in [6, 6.07) is -0.398. The van der Waals surface area contributed by atoms with E-state index >= 15 is 0 Å². The Kier molecular flexibility index (Phi) is 9.21. The number of amides is 2. The summed E-state index contributed by atoms with van der Waals surface area (Å²) in [5.41, 5.74) is 5.52. The van der Waals surface area contributed by atoms with Crippen molar-refractivity contribution in [2.75, 3.05) is 6.54 Å². The average molecular weight is 271 g/mol. The van der Waals surface area contributed by atoms with Gasteiger partial charge in [-0.1, -0.05) is 13.3 Å². The van der Waals surface area contributed by atoms with E-state index in [1.165, 1.54) is 0 Å². The van der Waals surface area contributed by atoms with Crippen LogP contribution in [-0.4, -0.2) is 30.4 Å². The predicted octanol–water partition coefficient (Wildman–Crippen LogP) is 1.17. The number of nitrogens with one attached hydrogen (secondary N) is 2. The van der Waals surface area contributed by atoms with E-state index < -0.39 is 6.04 Å². The normalized spacial score (nSPS) is 14.0. The van der Waals surface area contributed by atoms with Crippen LogP contribution in [0.2, 0.25) is 0 Å². The molecule has 2 amide bonds. The molecule has 5 heteroatoms. The fourth-order valence-electron chi connectivity index (χ4n) is 1.91. The Morgan fingerprint density at radius 1 is 1.11 bits per heavy atom. The van der Waals surface area contributed by atoms with E-state index in [-0.39, 0.29) is 17.9 Å². The van der Waals surface area contributed by atoms with Gasteiger partial charge in [-0.05, 0) is 46.1 Å². The summed E-state index contributed by atoms with van der Waals surface area (Å²) < 4.78 is 0. The van der Waals surface area contributed by atoms with Crippen molar-refractivity contribution in [2.45, 2.75) is 65.5 Å². The lowest BCUT2D eigenvalue weighted by atomic mass is 9.96. The zero-order valence-electron chi connectivity index (χ0n) is 12.7. The van der Waals surface area contributed by atoms with Crippen molar-refractivity contribution >= 4 is 11.8 Å². The van der Waals surface area contributed by atoms with Crippen molar-refractivity contribution in [1.82, 2.24) is 10.6 Å². The van der Waals surface area contributed by atoms with Gasteiger partial charge >= 0.3 is 0 Å². The van der Waals surface area contributed by atoms with Crippen molar-refractivity contribution in [2.24, 2.45) is 11.7 Å². The zero-order chi connectivity index (χ0) is 14.8. The van der Waals surface area contributed by atoms with E-state index in [0.29, 0.717) is 18.9 Å². The molecule has 0 saturated heterocycles. The highest BCUT2D eigenvalue weighted by Crippen LogP contribution is 2.14. The fraction of sp³-hybridized carbons (Fsp3) is 0.857. The van der Waals surface area contributed by atoms with Crippen molar-refractivity contribution in [3.8, 4) is 0 Å². The van der Waals surface area contributed by atoms with Crippen LogP contribution in [0.1, 0.15) is 53.4 Å². The molecule has 19 heavy (non-hydrogen) atoms. The van der Waals surface area contributed by atoms with Crippen LogP contribution in [0.3, 0.4) is 0 Å². The Labute approximate surface area is 116 Å². The third kappa shape index (κ3) is 8.59. The monoisotopic (exact) mass is 271 g/mol. The smallest absolute Gasteiger partial charge is 0.242 e. The van der Waals surface area contributed by atoms with E-state index in [1.54, 1.807) is 6.92 Å². The lowest BCUT2D eigenvalue weighted by Gasteiger charge is -2.17. The largest absolute Gasteiger partial charge is 0.352 e. The van der Waals surface area contributed by atoms with Gasteiger partial charge in [-0.15, -0.1) is 0 Å². The first-order chi connectivity index (χ1) is 8.90. The lowest BCUT2D eigenvalue weighted by Crippen LogP contribution is -2.46. The second-order valence-electron chi connectivity index (χ2n) is 5.34. The molecule has 0 heterocycles. The van der Waals surface area contributed by atoms with Crippen LogP contribution >= 0.6 is 0 Å². The summed E-state index contributed by atoms with van der Waals surface area (Å²) in [4.78, 5) is 23.4. The molecule has 0 aromatic heterocycles. The van der Waals surface area contributed by atoms with Gasteiger partial charge in [-0.25, -0.2) is 0 Å². The lowest BCUT2D eigenvalue weighted by molar-refractivity contribution is -0.129. The van der Waals surface area contributed by atoms with E-state index in [2.05, 4.69) is 17.6 Å². The van der Waals surface area contributed by atoms with Gasteiger partial charge in [-0.2, -0.15) is 0 Å². The highest BCUT2D eigenvalue weighted by molar-refractivity contribution is 5.87. The Morgan fingerprint density at radius 3 is 2.21 bits per heavy atom. The highest BCUT2D eigenvalue weighted by atomic mass is 16.2.